The minimum Gasteiger partial charge on any atom is -0.494 e. The predicted octanol–water partition coefficient (Wildman–Crippen LogP) is 2.18. The van der Waals surface area contributed by atoms with Crippen LogP contribution in [0.5, 0.6) is 5.75 Å². The van der Waals surface area contributed by atoms with Crippen LogP contribution in [0.1, 0.15) is 19.8 Å². The number of fused-ring (bicyclic) bond motifs is 1. The molecule has 0 spiro atoms. The Labute approximate surface area is 158 Å². The Morgan fingerprint density at radius 1 is 1.33 bits per heavy atom. The predicted molar refractivity (Wildman–Crippen MR) is 105 cm³/mol. The fraction of sp³-hybridized carbons (Fsp3) is 0.421. The van der Waals surface area contributed by atoms with E-state index >= 15 is 0 Å². The molecule has 1 aliphatic heterocycles. The van der Waals surface area contributed by atoms with Gasteiger partial charge in [-0.15, -0.1) is 0 Å². The molecule has 8 heteroatoms. The summed E-state index contributed by atoms with van der Waals surface area (Å²) in [5.41, 5.74) is 7.42. The van der Waals surface area contributed by atoms with Gasteiger partial charge in [-0.25, -0.2) is 9.97 Å². The van der Waals surface area contributed by atoms with E-state index in [1.54, 1.807) is 19.6 Å². The summed E-state index contributed by atoms with van der Waals surface area (Å²) in [7, 11) is 1.75. The molecule has 4 rings (SSSR count). The molecule has 0 bridgehead atoms. The highest BCUT2D eigenvalue weighted by Crippen LogP contribution is 2.22. The first kappa shape index (κ1) is 19.1. The molecule has 1 aromatic carbocycles. The van der Waals surface area contributed by atoms with Gasteiger partial charge in [0.2, 0.25) is 0 Å². The largest absolute Gasteiger partial charge is 0.494 e. The lowest BCUT2D eigenvalue weighted by atomic mass is 10.2. The molecule has 144 valence electrons. The van der Waals surface area contributed by atoms with Gasteiger partial charge in [-0.1, -0.05) is 0 Å². The molecule has 0 amide bonds. The SMILES string of the molecule is CCOc1ccc2c(c1)ncn2-c1cncc(N)n1.COCC1CCCN1. The molecule has 1 saturated heterocycles. The fourth-order valence-corrected chi connectivity index (χ4v) is 3.02. The number of methoxy groups -OCH3 is 1. The van der Waals surface area contributed by atoms with Crippen molar-refractivity contribution >= 4 is 16.9 Å². The van der Waals surface area contributed by atoms with Crippen molar-refractivity contribution in [3.63, 3.8) is 0 Å². The van der Waals surface area contributed by atoms with Gasteiger partial charge in [0, 0.05) is 19.2 Å². The minimum absolute atomic E-state index is 0.380. The number of ether oxygens (including phenoxy) is 2. The Kier molecular flexibility index (Phi) is 6.56. The van der Waals surface area contributed by atoms with Gasteiger partial charge in [0.15, 0.2) is 5.82 Å². The van der Waals surface area contributed by atoms with Gasteiger partial charge in [-0.3, -0.25) is 9.55 Å². The number of rotatable bonds is 5. The summed E-state index contributed by atoms with van der Waals surface area (Å²) in [5.74, 6) is 1.83. The van der Waals surface area contributed by atoms with E-state index in [9.17, 15) is 0 Å². The highest BCUT2D eigenvalue weighted by molar-refractivity contribution is 5.78. The van der Waals surface area contributed by atoms with E-state index in [2.05, 4.69) is 20.3 Å². The summed E-state index contributed by atoms with van der Waals surface area (Å²) < 4.78 is 12.3. The Balaban J connectivity index is 0.000000221. The Morgan fingerprint density at radius 2 is 2.22 bits per heavy atom. The van der Waals surface area contributed by atoms with Gasteiger partial charge in [0.25, 0.3) is 0 Å². The van der Waals surface area contributed by atoms with Gasteiger partial charge in [0.05, 0.1) is 36.6 Å². The van der Waals surface area contributed by atoms with Gasteiger partial charge >= 0.3 is 0 Å². The summed E-state index contributed by atoms with van der Waals surface area (Å²) in [5, 5.41) is 3.33. The second-order valence-corrected chi connectivity index (χ2v) is 6.25. The van der Waals surface area contributed by atoms with E-state index in [1.165, 1.54) is 25.6 Å². The summed E-state index contributed by atoms with van der Waals surface area (Å²) in [4.78, 5) is 12.6. The standard InChI is InChI=1S/C13H13N5O.C6H13NO/c1-2-19-9-3-4-11-10(5-9)16-8-18(11)13-7-15-6-12(14)17-13;1-8-5-6-3-2-4-7-6/h3-8H,2H2,1H3,(H2,14,17);6-7H,2-5H2,1H3. The van der Waals surface area contributed by atoms with Gasteiger partial charge in [-0.05, 0) is 38.4 Å². The van der Waals surface area contributed by atoms with E-state index < -0.39 is 0 Å². The molecule has 0 radical (unpaired) electrons. The number of benzene rings is 1. The number of hydrogen-bond acceptors (Lipinski definition) is 7. The molecule has 3 aromatic rings. The Bertz CT molecular complexity index is 860. The topological polar surface area (TPSA) is 100 Å². The molecule has 1 unspecified atom stereocenters. The molecular weight excluding hydrogens is 344 g/mol. The minimum atomic E-state index is 0.380. The summed E-state index contributed by atoms with van der Waals surface area (Å²) in [6.07, 6.45) is 7.45. The molecular formula is C19H26N6O2. The number of aromatic nitrogens is 4. The monoisotopic (exact) mass is 370 g/mol. The van der Waals surface area contributed by atoms with Crippen molar-refractivity contribution in [3.05, 3.63) is 36.9 Å². The fourth-order valence-electron chi connectivity index (χ4n) is 3.02. The average Bonchev–Trinajstić information content (AvgIpc) is 3.32. The van der Waals surface area contributed by atoms with Crippen molar-refractivity contribution in [2.24, 2.45) is 0 Å². The normalized spacial score (nSPS) is 16.1. The molecule has 0 aliphatic carbocycles. The van der Waals surface area contributed by atoms with Crippen LogP contribution < -0.4 is 15.8 Å². The maximum atomic E-state index is 5.65. The lowest BCUT2D eigenvalue weighted by Gasteiger charge is -2.05. The zero-order valence-electron chi connectivity index (χ0n) is 15.8. The molecule has 1 atom stereocenters. The van der Waals surface area contributed by atoms with Crippen molar-refractivity contribution in [1.29, 1.82) is 0 Å². The van der Waals surface area contributed by atoms with Crippen LogP contribution in [0.3, 0.4) is 0 Å². The molecule has 1 aliphatic rings. The maximum absolute atomic E-state index is 5.65. The van der Waals surface area contributed by atoms with Crippen molar-refractivity contribution in [2.45, 2.75) is 25.8 Å². The first-order valence-corrected chi connectivity index (χ1v) is 9.11. The van der Waals surface area contributed by atoms with E-state index in [0.717, 1.165) is 23.4 Å². The number of nitrogens with one attached hydrogen (secondary N) is 1. The number of hydrogen-bond donors (Lipinski definition) is 2. The summed E-state index contributed by atoms with van der Waals surface area (Å²) in [6.45, 7) is 4.63. The zero-order valence-corrected chi connectivity index (χ0v) is 15.8. The molecule has 3 heterocycles. The first-order chi connectivity index (χ1) is 13.2. The van der Waals surface area contributed by atoms with Crippen LogP contribution in [0.15, 0.2) is 36.9 Å². The van der Waals surface area contributed by atoms with Crippen molar-refractivity contribution in [1.82, 2.24) is 24.8 Å². The average molecular weight is 370 g/mol. The van der Waals surface area contributed by atoms with E-state index in [0.29, 0.717) is 24.3 Å². The van der Waals surface area contributed by atoms with Gasteiger partial charge in [0.1, 0.15) is 17.9 Å². The second kappa shape index (κ2) is 9.29. The molecule has 2 aromatic heterocycles. The lowest BCUT2D eigenvalue weighted by Crippen LogP contribution is -2.25. The summed E-state index contributed by atoms with van der Waals surface area (Å²) >= 11 is 0. The third kappa shape index (κ3) is 4.93. The second-order valence-electron chi connectivity index (χ2n) is 6.25. The Hall–Kier alpha value is -2.71. The smallest absolute Gasteiger partial charge is 0.159 e. The maximum Gasteiger partial charge on any atom is 0.159 e. The van der Waals surface area contributed by atoms with Crippen molar-refractivity contribution in [3.8, 4) is 11.6 Å². The molecule has 3 N–H and O–H groups in total. The van der Waals surface area contributed by atoms with Crippen molar-refractivity contribution in [2.75, 3.05) is 32.6 Å². The number of imidazole rings is 1. The van der Waals surface area contributed by atoms with E-state index in [-0.39, 0.29) is 0 Å². The summed E-state index contributed by atoms with van der Waals surface area (Å²) in [6, 6.07) is 6.39. The van der Waals surface area contributed by atoms with Gasteiger partial charge < -0.3 is 20.5 Å². The number of anilines is 1. The number of nitrogens with two attached hydrogens (primary N) is 1. The molecule has 0 saturated carbocycles. The number of nitrogens with zero attached hydrogens (tertiary/aromatic N) is 4. The van der Waals surface area contributed by atoms with Crippen LogP contribution in [0.25, 0.3) is 16.9 Å². The van der Waals surface area contributed by atoms with Crippen LogP contribution in [0.2, 0.25) is 0 Å². The third-order valence-corrected chi connectivity index (χ3v) is 4.25. The quantitative estimate of drug-likeness (QED) is 0.710. The molecule has 27 heavy (non-hydrogen) atoms. The zero-order chi connectivity index (χ0) is 19.1. The van der Waals surface area contributed by atoms with Crippen LogP contribution >= 0.6 is 0 Å². The van der Waals surface area contributed by atoms with E-state index in [1.807, 2.05) is 29.7 Å². The van der Waals surface area contributed by atoms with Crippen LogP contribution in [0, 0.1) is 0 Å². The highest BCUT2D eigenvalue weighted by Gasteiger charge is 2.12. The first-order valence-electron chi connectivity index (χ1n) is 9.11. The highest BCUT2D eigenvalue weighted by atomic mass is 16.5. The molecule has 1 fully saturated rings. The van der Waals surface area contributed by atoms with Crippen molar-refractivity contribution < 1.29 is 9.47 Å². The van der Waals surface area contributed by atoms with E-state index in [4.69, 9.17) is 15.2 Å². The third-order valence-electron chi connectivity index (χ3n) is 4.25. The lowest BCUT2D eigenvalue weighted by molar-refractivity contribution is 0.173. The van der Waals surface area contributed by atoms with Crippen LogP contribution in [-0.2, 0) is 4.74 Å². The van der Waals surface area contributed by atoms with Crippen LogP contribution in [-0.4, -0.2) is 52.4 Å². The van der Waals surface area contributed by atoms with Crippen LogP contribution in [0.4, 0.5) is 5.82 Å². The van der Waals surface area contributed by atoms with Gasteiger partial charge in [-0.2, -0.15) is 0 Å². The number of nitrogen functional groups attached to an aromatic ring is 1. The molecule has 8 nitrogen and oxygen atoms in total. The Morgan fingerprint density at radius 3 is 2.93 bits per heavy atom.